The van der Waals surface area contributed by atoms with Crippen LogP contribution in [0.2, 0.25) is 5.02 Å². The van der Waals surface area contributed by atoms with Gasteiger partial charge in [-0.15, -0.1) is 0 Å². The Kier molecular flexibility index (Phi) is 10.8. The van der Waals surface area contributed by atoms with Crippen LogP contribution < -0.4 is 5.32 Å². The second-order valence-corrected chi connectivity index (χ2v) is 11.5. The molecule has 49 heavy (non-hydrogen) atoms. The summed E-state index contributed by atoms with van der Waals surface area (Å²) in [6.45, 7) is -1.01. The third-order valence-corrected chi connectivity index (χ3v) is 7.75. The van der Waals surface area contributed by atoms with Crippen LogP contribution in [0, 0.1) is 0 Å². The van der Waals surface area contributed by atoms with Crippen LogP contribution in [0.25, 0.3) is 11.1 Å². The molecule has 0 unspecified atom stereocenters. The van der Waals surface area contributed by atoms with E-state index in [1.807, 2.05) is 0 Å². The Morgan fingerprint density at radius 3 is 2.00 bits per heavy atom. The number of benzene rings is 4. The third kappa shape index (κ3) is 8.07. The van der Waals surface area contributed by atoms with Crippen molar-refractivity contribution < 1.29 is 52.1 Å². The van der Waals surface area contributed by atoms with E-state index in [4.69, 9.17) is 16.3 Å². The predicted octanol–water partition coefficient (Wildman–Crippen LogP) is 6.17. The fourth-order valence-corrected chi connectivity index (χ4v) is 5.06. The lowest BCUT2D eigenvalue weighted by atomic mass is 9.81. The van der Waals surface area contributed by atoms with Gasteiger partial charge < -0.3 is 25.2 Å². The number of carbonyl (C=O) groups excluding carboxylic acids is 3. The molecule has 0 aliphatic heterocycles. The van der Waals surface area contributed by atoms with Crippen molar-refractivity contribution in [3.05, 3.63) is 124 Å². The molecule has 0 bridgehead atoms. The summed E-state index contributed by atoms with van der Waals surface area (Å²) in [5.41, 5.74) is -2.78. The summed E-state index contributed by atoms with van der Waals surface area (Å²) in [7, 11) is 2.91. The Hall–Kier alpha value is -5.69. The number of amides is 2. The van der Waals surface area contributed by atoms with Crippen molar-refractivity contribution in [1.82, 2.24) is 4.90 Å². The summed E-state index contributed by atoms with van der Waals surface area (Å²) >= 11 is 6.15. The van der Waals surface area contributed by atoms with E-state index in [1.54, 1.807) is 6.07 Å². The van der Waals surface area contributed by atoms with Crippen molar-refractivity contribution in [3.63, 3.8) is 0 Å². The summed E-state index contributed by atoms with van der Waals surface area (Å²) in [5.74, 6) is -5.74. The average molecular weight is 697 g/mol. The van der Waals surface area contributed by atoms with Crippen molar-refractivity contribution in [2.75, 3.05) is 26.0 Å². The van der Waals surface area contributed by atoms with Crippen LogP contribution in [-0.2, 0) is 37.1 Å². The minimum absolute atomic E-state index is 0.0361. The second-order valence-electron chi connectivity index (χ2n) is 11.0. The normalized spacial score (nSPS) is 11.4. The highest BCUT2D eigenvalue weighted by Gasteiger charge is 2.50. The molecular weight excluding hydrogens is 669 g/mol. The van der Waals surface area contributed by atoms with Crippen LogP contribution in [0.4, 0.5) is 18.9 Å². The quantitative estimate of drug-likeness (QED) is 0.124. The number of carbonyl (C=O) groups is 5. The zero-order chi connectivity index (χ0) is 36.1. The molecule has 0 fully saturated rings. The second kappa shape index (κ2) is 14.6. The fraction of sp³-hybridized carbons (Fsp3) is 0.171. The van der Waals surface area contributed by atoms with E-state index < -0.39 is 59.9 Å². The van der Waals surface area contributed by atoms with Crippen LogP contribution in [0.3, 0.4) is 0 Å². The molecule has 254 valence electrons. The first-order chi connectivity index (χ1) is 23.0. The van der Waals surface area contributed by atoms with E-state index >= 15 is 0 Å². The first-order valence-corrected chi connectivity index (χ1v) is 14.7. The Morgan fingerprint density at radius 2 is 1.43 bits per heavy atom. The lowest BCUT2D eigenvalue weighted by Gasteiger charge is -2.25. The molecule has 0 aromatic heterocycles. The molecule has 0 spiro atoms. The first-order valence-electron chi connectivity index (χ1n) is 14.4. The Bertz CT molecular complexity index is 1900. The number of halogens is 4. The Balaban J connectivity index is 1.60. The van der Waals surface area contributed by atoms with Gasteiger partial charge in [0.25, 0.3) is 11.8 Å². The van der Waals surface area contributed by atoms with Gasteiger partial charge in [-0.2, -0.15) is 13.2 Å². The largest absolute Gasteiger partial charge is 0.480 e. The summed E-state index contributed by atoms with van der Waals surface area (Å²) in [6, 6.07) is 19.5. The first kappa shape index (κ1) is 36.2. The molecule has 0 saturated heterocycles. The zero-order valence-electron chi connectivity index (χ0n) is 25.9. The molecule has 3 N–H and O–H groups in total. The molecule has 0 aliphatic carbocycles. The van der Waals surface area contributed by atoms with E-state index in [-0.39, 0.29) is 44.1 Å². The molecule has 0 saturated carbocycles. The minimum atomic E-state index is -4.56. The number of ether oxygens (including phenoxy) is 1. The number of carboxylic acids is 2. The minimum Gasteiger partial charge on any atom is -0.480 e. The monoisotopic (exact) mass is 696 g/mol. The number of hydrogen-bond acceptors (Lipinski definition) is 6. The molecule has 2 amide bonds. The predicted molar refractivity (Wildman–Crippen MR) is 172 cm³/mol. The maximum atomic E-state index is 13.5. The zero-order valence-corrected chi connectivity index (χ0v) is 26.6. The molecule has 0 heterocycles. The number of nitrogens with zero attached hydrogens (tertiary/aromatic N) is 1. The molecule has 4 aromatic rings. The van der Waals surface area contributed by atoms with Crippen molar-refractivity contribution >= 4 is 47.0 Å². The molecular formula is C35H28ClF3N2O8. The topological polar surface area (TPSA) is 150 Å². The van der Waals surface area contributed by atoms with Crippen molar-refractivity contribution in [3.8, 4) is 11.1 Å². The lowest BCUT2D eigenvalue weighted by molar-refractivity contribution is -0.164. The number of anilines is 1. The van der Waals surface area contributed by atoms with Crippen molar-refractivity contribution in [2.24, 2.45) is 0 Å². The lowest BCUT2D eigenvalue weighted by Crippen LogP contribution is -2.48. The summed E-state index contributed by atoms with van der Waals surface area (Å²) in [5, 5.41) is 22.5. The van der Waals surface area contributed by atoms with Gasteiger partial charge in [0.05, 0.1) is 23.2 Å². The number of aliphatic carboxylic acids is 2. The SMILES string of the molecule is CN(C)C(=O)c1cc(CC(=O)OCC(C(=O)O)(C(=O)O)c2ccccc2)ccc1NC(=O)c1ccc(Cl)cc1-c1ccc(C(F)(F)F)cc1. The fourth-order valence-electron chi connectivity index (χ4n) is 4.88. The van der Waals surface area contributed by atoms with Crippen LogP contribution in [0.5, 0.6) is 0 Å². The smallest absolute Gasteiger partial charge is 0.416 e. The third-order valence-electron chi connectivity index (χ3n) is 7.51. The molecule has 0 atom stereocenters. The highest BCUT2D eigenvalue weighted by Crippen LogP contribution is 2.33. The Morgan fingerprint density at radius 1 is 0.796 bits per heavy atom. The summed E-state index contributed by atoms with van der Waals surface area (Å²) in [6.07, 6.45) is -5.05. The van der Waals surface area contributed by atoms with Gasteiger partial charge in [0.15, 0.2) is 0 Å². The van der Waals surface area contributed by atoms with Gasteiger partial charge in [-0.05, 0) is 64.7 Å². The highest BCUT2D eigenvalue weighted by molar-refractivity contribution is 6.31. The number of nitrogens with one attached hydrogen (secondary N) is 1. The molecule has 4 aromatic carbocycles. The van der Waals surface area contributed by atoms with E-state index in [0.29, 0.717) is 0 Å². The Labute approximate surface area is 282 Å². The number of hydrogen-bond donors (Lipinski definition) is 3. The van der Waals surface area contributed by atoms with Gasteiger partial charge in [-0.3, -0.25) is 24.0 Å². The van der Waals surface area contributed by atoms with Crippen LogP contribution in [0.15, 0.2) is 91.0 Å². The van der Waals surface area contributed by atoms with Crippen LogP contribution in [-0.4, -0.2) is 65.5 Å². The van der Waals surface area contributed by atoms with Gasteiger partial charge in [-0.25, -0.2) is 0 Å². The number of esters is 1. The van der Waals surface area contributed by atoms with Crippen LogP contribution in [0.1, 0.15) is 37.4 Å². The molecule has 10 nitrogen and oxygen atoms in total. The molecule has 14 heteroatoms. The number of alkyl halides is 3. The van der Waals surface area contributed by atoms with Gasteiger partial charge in [0, 0.05) is 24.7 Å². The van der Waals surface area contributed by atoms with E-state index in [9.17, 15) is 47.4 Å². The van der Waals surface area contributed by atoms with Gasteiger partial charge in [0.1, 0.15) is 6.61 Å². The van der Waals surface area contributed by atoms with Gasteiger partial charge >= 0.3 is 24.1 Å². The number of carboxylic acid groups (broad SMARTS) is 2. The van der Waals surface area contributed by atoms with E-state index in [1.165, 1.54) is 91.8 Å². The van der Waals surface area contributed by atoms with Gasteiger partial charge in [-0.1, -0.05) is 60.1 Å². The summed E-state index contributed by atoms with van der Waals surface area (Å²) < 4.78 is 44.5. The average Bonchev–Trinajstić information content (AvgIpc) is 3.05. The molecule has 4 rings (SSSR count). The maximum Gasteiger partial charge on any atom is 0.416 e. The van der Waals surface area contributed by atoms with E-state index in [2.05, 4.69) is 5.32 Å². The van der Waals surface area contributed by atoms with Crippen molar-refractivity contribution in [1.29, 1.82) is 0 Å². The van der Waals surface area contributed by atoms with Gasteiger partial charge in [0.2, 0.25) is 5.41 Å². The van der Waals surface area contributed by atoms with Crippen LogP contribution >= 0.6 is 11.6 Å². The van der Waals surface area contributed by atoms with E-state index in [0.717, 1.165) is 12.1 Å². The highest BCUT2D eigenvalue weighted by atomic mass is 35.5. The number of rotatable bonds is 11. The maximum absolute atomic E-state index is 13.5. The standard InChI is InChI=1S/C35H28ClF3N2O8/c1-41(2)31(44)27-16-20(17-29(42)49-19-34(32(45)46,33(47)48)22-6-4-3-5-7-22)8-15-28(27)40-30(43)25-14-13-24(36)18-26(25)21-9-11-23(12-10-21)35(37,38)39/h3-16,18H,17,19H2,1-2H3,(H,40,43)(H,45,46)(H,47,48). The summed E-state index contributed by atoms with van der Waals surface area (Å²) in [4.78, 5) is 65.0. The molecule has 0 aliphatic rings. The van der Waals surface area contributed by atoms with Crippen molar-refractivity contribution in [2.45, 2.75) is 18.0 Å². The molecule has 0 radical (unpaired) electrons.